The fourth-order valence-electron chi connectivity index (χ4n) is 4.65. The Hall–Kier alpha value is -2.50. The highest BCUT2D eigenvalue weighted by Gasteiger charge is 2.43. The molecular weight excluding hydrogens is 362 g/mol. The van der Waals surface area contributed by atoms with Gasteiger partial charge in [-0.25, -0.2) is 0 Å². The molecule has 5 nitrogen and oxygen atoms in total. The van der Waals surface area contributed by atoms with Gasteiger partial charge < -0.3 is 9.26 Å². The minimum absolute atomic E-state index is 0.209. The number of rotatable bonds is 5. The first-order valence-electron chi connectivity index (χ1n) is 10.6. The van der Waals surface area contributed by atoms with E-state index in [9.17, 15) is 0 Å². The minimum atomic E-state index is -0.209. The first-order valence-corrected chi connectivity index (χ1v) is 10.6. The zero-order chi connectivity index (χ0) is 19.5. The van der Waals surface area contributed by atoms with E-state index < -0.39 is 0 Å². The monoisotopic (exact) mass is 389 g/mol. The van der Waals surface area contributed by atoms with Crippen molar-refractivity contribution in [3.05, 3.63) is 83.5 Å². The van der Waals surface area contributed by atoms with Crippen molar-refractivity contribution < 1.29 is 9.26 Å². The van der Waals surface area contributed by atoms with Crippen LogP contribution in [0.4, 0.5) is 0 Å². The molecule has 3 heterocycles. The van der Waals surface area contributed by atoms with Crippen LogP contribution in [0.2, 0.25) is 0 Å². The Balaban J connectivity index is 1.40. The quantitative estimate of drug-likeness (QED) is 0.656. The molecule has 1 atom stereocenters. The molecule has 0 radical (unpaired) electrons. The highest BCUT2D eigenvalue weighted by atomic mass is 16.5. The van der Waals surface area contributed by atoms with Gasteiger partial charge in [-0.1, -0.05) is 65.8 Å². The maximum Gasteiger partial charge on any atom is 0.237 e. The van der Waals surface area contributed by atoms with Crippen molar-refractivity contribution >= 4 is 0 Å². The highest BCUT2D eigenvalue weighted by molar-refractivity contribution is 5.33. The summed E-state index contributed by atoms with van der Waals surface area (Å²) in [6.45, 7) is 4.48. The number of hydrogen-bond acceptors (Lipinski definition) is 5. The van der Waals surface area contributed by atoms with Crippen LogP contribution >= 0.6 is 0 Å². The first kappa shape index (κ1) is 18.5. The van der Waals surface area contributed by atoms with Crippen LogP contribution < -0.4 is 0 Å². The van der Waals surface area contributed by atoms with E-state index >= 15 is 0 Å². The molecule has 0 bridgehead atoms. The second-order valence-corrected chi connectivity index (χ2v) is 8.23. The van der Waals surface area contributed by atoms with E-state index in [1.54, 1.807) is 0 Å². The first-order chi connectivity index (χ1) is 14.3. The summed E-state index contributed by atoms with van der Waals surface area (Å²) in [7, 11) is 0. The average molecular weight is 389 g/mol. The number of benzene rings is 2. The Kier molecular flexibility index (Phi) is 5.17. The summed E-state index contributed by atoms with van der Waals surface area (Å²) in [5, 5.41) is 4.35. The van der Waals surface area contributed by atoms with Gasteiger partial charge in [0.05, 0.1) is 12.0 Å². The number of ether oxygens (including phenoxy) is 1. The van der Waals surface area contributed by atoms with Crippen molar-refractivity contribution in [1.29, 1.82) is 0 Å². The van der Waals surface area contributed by atoms with Crippen LogP contribution in [-0.4, -0.2) is 41.3 Å². The van der Waals surface area contributed by atoms with Gasteiger partial charge in [0.25, 0.3) is 0 Å². The lowest BCUT2D eigenvalue weighted by Crippen LogP contribution is -2.43. The van der Waals surface area contributed by atoms with Gasteiger partial charge in [0.15, 0.2) is 5.82 Å². The summed E-state index contributed by atoms with van der Waals surface area (Å²) < 4.78 is 11.4. The molecule has 0 saturated carbocycles. The zero-order valence-electron chi connectivity index (χ0n) is 16.7. The van der Waals surface area contributed by atoms with Crippen molar-refractivity contribution in [1.82, 2.24) is 15.0 Å². The molecule has 0 amide bonds. The molecule has 0 unspecified atom stereocenters. The number of piperidine rings is 1. The predicted octanol–water partition coefficient (Wildman–Crippen LogP) is 4.16. The Morgan fingerprint density at radius 3 is 2.38 bits per heavy atom. The number of nitrogens with zero attached hydrogens (tertiary/aromatic N) is 3. The fourth-order valence-corrected chi connectivity index (χ4v) is 4.65. The molecule has 0 aliphatic carbocycles. The predicted molar refractivity (Wildman–Crippen MR) is 111 cm³/mol. The van der Waals surface area contributed by atoms with Crippen molar-refractivity contribution in [3.63, 3.8) is 0 Å². The molecule has 3 aromatic rings. The molecular formula is C24H27N3O2. The molecule has 1 aromatic heterocycles. The average Bonchev–Trinajstić information content (AvgIpc) is 3.48. The van der Waals surface area contributed by atoms with E-state index in [-0.39, 0.29) is 11.3 Å². The van der Waals surface area contributed by atoms with E-state index in [4.69, 9.17) is 14.2 Å². The molecule has 2 aliphatic rings. The Morgan fingerprint density at radius 1 is 0.966 bits per heavy atom. The third-order valence-electron chi connectivity index (χ3n) is 6.43. The second kappa shape index (κ2) is 8.09. The normalized spacial score (nSPS) is 22.0. The van der Waals surface area contributed by atoms with Crippen LogP contribution in [0.1, 0.15) is 48.0 Å². The summed E-state index contributed by atoms with van der Waals surface area (Å²) in [4.78, 5) is 7.42. The lowest BCUT2D eigenvalue weighted by Gasteiger charge is -2.39. The minimum Gasteiger partial charge on any atom is -0.381 e. The van der Waals surface area contributed by atoms with Gasteiger partial charge in [-0.15, -0.1) is 0 Å². The molecule has 0 spiro atoms. The molecule has 2 aromatic carbocycles. The molecule has 2 aliphatic heterocycles. The van der Waals surface area contributed by atoms with Crippen LogP contribution in [0.3, 0.4) is 0 Å². The number of likely N-dealkylation sites (tertiary alicyclic amines) is 1. The van der Waals surface area contributed by atoms with Crippen LogP contribution in [0, 0.1) is 0 Å². The maximum atomic E-state index is 5.89. The van der Waals surface area contributed by atoms with Crippen LogP contribution in [-0.2, 0) is 16.7 Å². The number of aromatic nitrogens is 2. The van der Waals surface area contributed by atoms with E-state index in [0.29, 0.717) is 6.61 Å². The lowest BCUT2D eigenvalue weighted by molar-refractivity contribution is 0.149. The maximum absolute atomic E-state index is 5.89. The third-order valence-corrected chi connectivity index (χ3v) is 6.43. The van der Waals surface area contributed by atoms with Gasteiger partial charge in [-0.3, -0.25) is 4.90 Å². The summed E-state index contributed by atoms with van der Waals surface area (Å²) in [6.07, 6.45) is 2.93. The molecule has 5 rings (SSSR count). The summed E-state index contributed by atoms with van der Waals surface area (Å²) >= 11 is 0. The topological polar surface area (TPSA) is 51.4 Å². The van der Waals surface area contributed by atoms with Crippen molar-refractivity contribution in [2.75, 3.05) is 26.3 Å². The second-order valence-electron chi connectivity index (χ2n) is 8.23. The van der Waals surface area contributed by atoms with Crippen molar-refractivity contribution in [2.45, 2.75) is 37.1 Å². The standard InChI is InChI=1S/C24H27N3O2/c1-3-7-19(8-4-1)17-27-14-12-24(13-15-27,21-9-5-2-6-10-21)23-25-22(26-29-23)20-11-16-28-18-20/h1-10,20H,11-18H2/t20-/m1/s1. The molecule has 2 saturated heterocycles. The molecule has 29 heavy (non-hydrogen) atoms. The van der Waals surface area contributed by atoms with Crippen LogP contribution in [0.5, 0.6) is 0 Å². The summed E-state index contributed by atoms with van der Waals surface area (Å²) in [6, 6.07) is 21.4. The Morgan fingerprint density at radius 2 is 1.69 bits per heavy atom. The zero-order valence-corrected chi connectivity index (χ0v) is 16.7. The fraction of sp³-hybridized carbons (Fsp3) is 0.417. The van der Waals surface area contributed by atoms with Gasteiger partial charge in [-0.05, 0) is 43.5 Å². The van der Waals surface area contributed by atoms with E-state index in [1.165, 1.54) is 11.1 Å². The lowest BCUT2D eigenvalue weighted by atomic mass is 9.72. The third kappa shape index (κ3) is 3.72. The SMILES string of the molecule is c1ccc(CN2CCC(c3ccccc3)(c3nc([C@@H]4CCOC4)no3)CC2)cc1. The molecule has 0 N–H and O–H groups in total. The molecule has 150 valence electrons. The smallest absolute Gasteiger partial charge is 0.237 e. The Labute approximate surface area is 171 Å². The van der Waals surface area contributed by atoms with Gasteiger partial charge in [0.1, 0.15) is 0 Å². The van der Waals surface area contributed by atoms with Gasteiger partial charge in [-0.2, -0.15) is 4.98 Å². The van der Waals surface area contributed by atoms with Crippen molar-refractivity contribution in [2.24, 2.45) is 0 Å². The molecule has 5 heteroatoms. The van der Waals surface area contributed by atoms with E-state index in [1.807, 2.05) is 0 Å². The van der Waals surface area contributed by atoms with Crippen molar-refractivity contribution in [3.8, 4) is 0 Å². The largest absolute Gasteiger partial charge is 0.381 e. The summed E-state index contributed by atoms with van der Waals surface area (Å²) in [5.41, 5.74) is 2.43. The van der Waals surface area contributed by atoms with E-state index in [2.05, 4.69) is 70.7 Å². The van der Waals surface area contributed by atoms with E-state index in [0.717, 1.165) is 57.2 Å². The van der Waals surface area contributed by atoms with Crippen LogP contribution in [0.25, 0.3) is 0 Å². The van der Waals surface area contributed by atoms with Gasteiger partial charge in [0, 0.05) is 19.1 Å². The van der Waals surface area contributed by atoms with Gasteiger partial charge >= 0.3 is 0 Å². The van der Waals surface area contributed by atoms with Crippen LogP contribution in [0.15, 0.2) is 65.2 Å². The Bertz CT molecular complexity index is 912. The number of hydrogen-bond donors (Lipinski definition) is 0. The van der Waals surface area contributed by atoms with Gasteiger partial charge in [0.2, 0.25) is 5.89 Å². The molecule has 2 fully saturated rings. The highest BCUT2D eigenvalue weighted by Crippen LogP contribution is 2.41. The summed E-state index contributed by atoms with van der Waals surface area (Å²) in [5.74, 6) is 1.84.